The van der Waals surface area contributed by atoms with Gasteiger partial charge in [-0.25, -0.2) is 4.39 Å². The Hall–Kier alpha value is -1.91. The lowest BCUT2D eigenvalue weighted by atomic mass is 9.95. The molecule has 126 valence electrons. The van der Waals surface area contributed by atoms with Gasteiger partial charge in [-0.2, -0.15) is 0 Å². The molecule has 0 aromatic heterocycles. The molecule has 1 N–H and O–H groups in total. The summed E-state index contributed by atoms with van der Waals surface area (Å²) in [4.78, 5) is 25.3. The molecule has 0 heterocycles. The zero-order chi connectivity index (χ0) is 16.7. The highest BCUT2D eigenvalue weighted by molar-refractivity contribution is 5.78. The first kappa shape index (κ1) is 17.4. The van der Waals surface area contributed by atoms with Crippen LogP contribution < -0.4 is 5.32 Å². The molecule has 0 saturated heterocycles. The Bertz CT molecular complexity index is 542. The molecule has 0 bridgehead atoms. The van der Waals surface area contributed by atoms with Gasteiger partial charge >= 0.3 is 0 Å². The Kier molecular flexibility index (Phi) is 6.56. The van der Waals surface area contributed by atoms with Crippen LogP contribution in [0.4, 0.5) is 4.39 Å². The Morgan fingerprint density at radius 3 is 2.57 bits per heavy atom. The van der Waals surface area contributed by atoms with Crippen molar-refractivity contribution in [2.24, 2.45) is 0 Å². The maximum absolute atomic E-state index is 13.7. The van der Waals surface area contributed by atoms with E-state index in [1.807, 2.05) is 0 Å². The first-order valence-electron chi connectivity index (χ1n) is 8.34. The minimum Gasteiger partial charge on any atom is -0.353 e. The van der Waals surface area contributed by atoms with Crippen LogP contribution in [0.1, 0.15) is 51.0 Å². The number of nitrogens with zero attached hydrogens (tertiary/aromatic N) is 1. The molecule has 1 aromatic rings. The Balaban J connectivity index is 1.83. The zero-order valence-electron chi connectivity index (χ0n) is 13.7. The van der Waals surface area contributed by atoms with Crippen LogP contribution in [0.15, 0.2) is 24.3 Å². The lowest BCUT2D eigenvalue weighted by Crippen LogP contribution is -2.39. The molecule has 1 aromatic carbocycles. The van der Waals surface area contributed by atoms with Crippen LogP contribution in [0.3, 0.4) is 0 Å². The third-order valence-electron chi connectivity index (χ3n) is 4.34. The number of hydrogen-bond acceptors (Lipinski definition) is 2. The quantitative estimate of drug-likeness (QED) is 0.876. The molecule has 1 fully saturated rings. The molecular formula is C18H25FN2O2. The standard InChI is InChI=1S/C18H25FN2O2/c1-14(22)21(13-15-7-5-6-10-17(15)19)12-11-18(23)20-16-8-3-2-4-9-16/h5-7,10,16H,2-4,8-9,11-13H2,1H3,(H,20,23). The van der Waals surface area contributed by atoms with Crippen LogP contribution >= 0.6 is 0 Å². The van der Waals surface area contributed by atoms with Gasteiger partial charge in [0.25, 0.3) is 0 Å². The monoisotopic (exact) mass is 320 g/mol. The van der Waals surface area contributed by atoms with E-state index in [0.717, 1.165) is 25.7 Å². The molecule has 1 aliphatic carbocycles. The Morgan fingerprint density at radius 2 is 1.91 bits per heavy atom. The molecule has 2 amide bonds. The molecule has 0 aliphatic heterocycles. The smallest absolute Gasteiger partial charge is 0.221 e. The van der Waals surface area contributed by atoms with Gasteiger partial charge in [0.15, 0.2) is 0 Å². The first-order chi connectivity index (χ1) is 11.1. The van der Waals surface area contributed by atoms with E-state index in [4.69, 9.17) is 0 Å². The fraction of sp³-hybridized carbons (Fsp3) is 0.556. The minimum atomic E-state index is -0.328. The number of halogens is 1. The van der Waals surface area contributed by atoms with Crippen LogP contribution in [-0.2, 0) is 16.1 Å². The summed E-state index contributed by atoms with van der Waals surface area (Å²) in [6.45, 7) is 1.95. The second kappa shape index (κ2) is 8.65. The molecule has 2 rings (SSSR count). The minimum absolute atomic E-state index is 0.0308. The number of hydrogen-bond donors (Lipinski definition) is 1. The van der Waals surface area contributed by atoms with E-state index >= 15 is 0 Å². The van der Waals surface area contributed by atoms with Gasteiger partial charge < -0.3 is 10.2 Å². The lowest BCUT2D eigenvalue weighted by Gasteiger charge is -2.24. The zero-order valence-corrected chi connectivity index (χ0v) is 13.7. The summed E-state index contributed by atoms with van der Waals surface area (Å²) in [7, 11) is 0. The van der Waals surface area contributed by atoms with Crippen LogP contribution in [0, 0.1) is 5.82 Å². The van der Waals surface area contributed by atoms with Crippen molar-refractivity contribution in [3.8, 4) is 0 Å². The van der Waals surface area contributed by atoms with Crippen molar-refractivity contribution in [3.05, 3.63) is 35.6 Å². The number of nitrogens with one attached hydrogen (secondary N) is 1. The average Bonchev–Trinajstić information content (AvgIpc) is 2.53. The molecule has 5 heteroatoms. The van der Waals surface area contributed by atoms with Gasteiger partial charge in [0.05, 0.1) is 0 Å². The lowest BCUT2D eigenvalue weighted by molar-refractivity contribution is -0.130. The van der Waals surface area contributed by atoms with E-state index in [1.54, 1.807) is 18.2 Å². The number of amides is 2. The largest absolute Gasteiger partial charge is 0.353 e. The van der Waals surface area contributed by atoms with Gasteiger partial charge in [0.2, 0.25) is 11.8 Å². The summed E-state index contributed by atoms with van der Waals surface area (Å²) in [5, 5.41) is 3.04. The van der Waals surface area contributed by atoms with E-state index in [1.165, 1.54) is 24.3 Å². The molecule has 1 saturated carbocycles. The first-order valence-corrected chi connectivity index (χ1v) is 8.34. The highest BCUT2D eigenvalue weighted by atomic mass is 19.1. The van der Waals surface area contributed by atoms with Crippen LogP contribution in [-0.4, -0.2) is 29.3 Å². The van der Waals surface area contributed by atoms with E-state index in [9.17, 15) is 14.0 Å². The summed E-state index contributed by atoms with van der Waals surface area (Å²) in [5.74, 6) is -0.513. The van der Waals surface area contributed by atoms with Gasteiger partial charge in [-0.1, -0.05) is 37.5 Å². The van der Waals surface area contributed by atoms with Crippen LogP contribution in [0.5, 0.6) is 0 Å². The van der Waals surface area contributed by atoms with Crippen LogP contribution in [0.2, 0.25) is 0 Å². The summed E-state index contributed by atoms with van der Waals surface area (Å²) in [6.07, 6.45) is 5.90. The number of carbonyl (C=O) groups excluding carboxylic acids is 2. The second-order valence-electron chi connectivity index (χ2n) is 6.18. The van der Waals surface area contributed by atoms with Crippen molar-refractivity contribution in [2.45, 2.75) is 58.0 Å². The highest BCUT2D eigenvalue weighted by Gasteiger charge is 2.17. The Morgan fingerprint density at radius 1 is 1.22 bits per heavy atom. The molecule has 23 heavy (non-hydrogen) atoms. The fourth-order valence-corrected chi connectivity index (χ4v) is 2.96. The fourth-order valence-electron chi connectivity index (χ4n) is 2.96. The number of rotatable bonds is 6. The van der Waals surface area contributed by atoms with Crippen LogP contribution in [0.25, 0.3) is 0 Å². The molecule has 0 radical (unpaired) electrons. The molecule has 4 nitrogen and oxygen atoms in total. The van der Waals surface area contributed by atoms with Gasteiger partial charge in [-0.15, -0.1) is 0 Å². The predicted octanol–water partition coefficient (Wildman–Crippen LogP) is 3.01. The van der Waals surface area contributed by atoms with Gasteiger partial charge in [0.1, 0.15) is 5.82 Å². The van der Waals surface area contributed by atoms with Gasteiger partial charge in [0, 0.05) is 38.0 Å². The van der Waals surface area contributed by atoms with Crippen molar-refractivity contribution < 1.29 is 14.0 Å². The van der Waals surface area contributed by atoms with E-state index in [0.29, 0.717) is 12.1 Å². The molecule has 0 spiro atoms. The van der Waals surface area contributed by atoms with E-state index < -0.39 is 0 Å². The Labute approximate surface area is 137 Å². The van der Waals surface area contributed by atoms with E-state index in [2.05, 4.69) is 5.32 Å². The van der Waals surface area contributed by atoms with Crippen molar-refractivity contribution in [2.75, 3.05) is 6.54 Å². The van der Waals surface area contributed by atoms with Gasteiger partial charge in [-0.05, 0) is 18.9 Å². The molecular weight excluding hydrogens is 295 g/mol. The van der Waals surface area contributed by atoms with Crippen molar-refractivity contribution in [1.29, 1.82) is 0 Å². The third-order valence-corrected chi connectivity index (χ3v) is 4.34. The maximum Gasteiger partial charge on any atom is 0.221 e. The van der Waals surface area contributed by atoms with Gasteiger partial charge in [-0.3, -0.25) is 9.59 Å². The predicted molar refractivity (Wildman–Crippen MR) is 87.1 cm³/mol. The van der Waals surface area contributed by atoms with Crippen molar-refractivity contribution in [1.82, 2.24) is 10.2 Å². The summed E-state index contributed by atoms with van der Waals surface area (Å²) in [5.41, 5.74) is 0.468. The summed E-state index contributed by atoms with van der Waals surface area (Å²) < 4.78 is 13.7. The molecule has 0 atom stereocenters. The topological polar surface area (TPSA) is 49.4 Å². The third kappa shape index (κ3) is 5.66. The number of benzene rings is 1. The maximum atomic E-state index is 13.7. The van der Waals surface area contributed by atoms with Crippen molar-refractivity contribution >= 4 is 11.8 Å². The van der Waals surface area contributed by atoms with Crippen molar-refractivity contribution in [3.63, 3.8) is 0 Å². The second-order valence-corrected chi connectivity index (χ2v) is 6.18. The molecule has 0 unspecified atom stereocenters. The highest BCUT2D eigenvalue weighted by Crippen LogP contribution is 2.17. The summed E-state index contributed by atoms with van der Waals surface area (Å²) >= 11 is 0. The van der Waals surface area contributed by atoms with E-state index in [-0.39, 0.29) is 36.6 Å². The summed E-state index contributed by atoms with van der Waals surface area (Å²) in [6, 6.07) is 6.67. The SMILES string of the molecule is CC(=O)N(CCC(=O)NC1CCCCC1)Cc1ccccc1F. The molecule has 1 aliphatic rings. The number of carbonyl (C=O) groups is 2. The normalized spacial score (nSPS) is 15.2. The average molecular weight is 320 g/mol.